The van der Waals surface area contributed by atoms with Crippen molar-refractivity contribution in [1.82, 2.24) is 29.1 Å². The summed E-state index contributed by atoms with van der Waals surface area (Å²) in [5.74, 6) is -1.99. The van der Waals surface area contributed by atoms with Gasteiger partial charge in [-0.2, -0.15) is 0 Å². The number of hydrogen-bond acceptors (Lipinski definition) is 8. The van der Waals surface area contributed by atoms with Crippen LogP contribution in [0.2, 0.25) is 10.0 Å². The third-order valence-corrected chi connectivity index (χ3v) is 10.7. The molecule has 10 nitrogen and oxygen atoms in total. The second-order valence-electron chi connectivity index (χ2n) is 11.1. The second-order valence-corrected chi connectivity index (χ2v) is 13.9. The molecule has 8 rings (SSSR count). The van der Waals surface area contributed by atoms with Crippen molar-refractivity contribution in [3.8, 4) is 32.8 Å². The zero-order valence-corrected chi connectivity index (χ0v) is 29.3. The zero-order valence-electron chi connectivity index (χ0n) is 26.2. The van der Waals surface area contributed by atoms with E-state index in [4.69, 9.17) is 23.2 Å². The number of fused-ring (bicyclic) bond motifs is 2. The van der Waals surface area contributed by atoms with Crippen molar-refractivity contribution in [2.24, 2.45) is 0 Å². The van der Waals surface area contributed by atoms with Gasteiger partial charge in [0.05, 0.1) is 33.5 Å². The van der Waals surface area contributed by atoms with Crippen LogP contribution in [-0.2, 0) is 0 Å². The Kier molecular flexibility index (Phi) is 8.93. The molecule has 0 saturated carbocycles. The minimum atomic E-state index is -0.999. The van der Waals surface area contributed by atoms with E-state index in [-0.39, 0.29) is 9.75 Å². The number of benzene rings is 4. The Hall–Kier alpha value is -5.40. The Balaban J connectivity index is 0.000000157. The van der Waals surface area contributed by atoms with Crippen molar-refractivity contribution in [3.05, 3.63) is 129 Å². The first-order valence-corrected chi connectivity index (χ1v) is 17.3. The molecular formula is C36H24Cl2N6O4S2. The van der Waals surface area contributed by atoms with Crippen molar-refractivity contribution in [1.29, 1.82) is 0 Å². The number of rotatable bonds is 6. The Bertz CT molecular complexity index is 2380. The largest absolute Gasteiger partial charge is 0.477 e. The third kappa shape index (κ3) is 6.25. The maximum atomic E-state index is 11.7. The fourth-order valence-electron chi connectivity index (χ4n) is 5.27. The van der Waals surface area contributed by atoms with Crippen molar-refractivity contribution in [3.63, 3.8) is 0 Å². The van der Waals surface area contributed by atoms with Crippen molar-refractivity contribution >= 4 is 79.9 Å². The Morgan fingerprint density at radius 2 is 1.04 bits per heavy atom. The van der Waals surface area contributed by atoms with Gasteiger partial charge in [0, 0.05) is 21.2 Å². The number of halogens is 2. The van der Waals surface area contributed by atoms with Gasteiger partial charge in [-0.3, -0.25) is 9.13 Å². The van der Waals surface area contributed by atoms with Gasteiger partial charge in [-0.15, -0.1) is 0 Å². The molecular weight excluding hydrogens is 715 g/mol. The number of aromatic carboxylic acids is 2. The molecule has 2 N–H and O–H groups in total. The van der Waals surface area contributed by atoms with Gasteiger partial charge in [-0.1, -0.05) is 107 Å². The van der Waals surface area contributed by atoms with Crippen LogP contribution in [0.25, 0.3) is 54.8 Å². The van der Waals surface area contributed by atoms with E-state index in [9.17, 15) is 19.8 Å². The SMILES string of the molecule is Cc1cc2c(cc1Cl)ncn2-c1nc(-c2ccccc2)c(C(=O)O)s1.Cc1cc2ncn(-c3nc(-c4ccccc4)c(C(=O)O)s3)c2cc1Cl. The van der Waals surface area contributed by atoms with Crippen molar-refractivity contribution < 1.29 is 19.8 Å². The molecule has 0 aliphatic heterocycles. The first kappa shape index (κ1) is 33.1. The molecule has 0 aliphatic rings. The third-order valence-electron chi connectivity index (χ3n) is 7.78. The summed E-state index contributed by atoms with van der Waals surface area (Å²) < 4.78 is 3.56. The molecule has 4 aromatic heterocycles. The fraction of sp³-hybridized carbons (Fsp3) is 0.0556. The Morgan fingerprint density at radius 3 is 1.52 bits per heavy atom. The van der Waals surface area contributed by atoms with Crippen LogP contribution < -0.4 is 0 Å². The van der Waals surface area contributed by atoms with Gasteiger partial charge in [0.2, 0.25) is 0 Å². The smallest absolute Gasteiger partial charge is 0.348 e. The molecule has 0 unspecified atom stereocenters. The lowest BCUT2D eigenvalue weighted by molar-refractivity contribution is 0.0691. The summed E-state index contributed by atoms with van der Waals surface area (Å²) in [6.07, 6.45) is 3.28. The lowest BCUT2D eigenvalue weighted by Crippen LogP contribution is -1.95. The topological polar surface area (TPSA) is 136 Å². The number of hydrogen-bond donors (Lipinski definition) is 2. The van der Waals surface area contributed by atoms with E-state index < -0.39 is 11.9 Å². The van der Waals surface area contributed by atoms with Gasteiger partial charge in [0.1, 0.15) is 22.4 Å². The highest BCUT2D eigenvalue weighted by molar-refractivity contribution is 7.16. The highest BCUT2D eigenvalue weighted by atomic mass is 35.5. The normalized spacial score (nSPS) is 11.1. The van der Waals surface area contributed by atoms with E-state index in [1.165, 1.54) is 0 Å². The molecule has 0 saturated heterocycles. The van der Waals surface area contributed by atoms with Crippen LogP contribution in [0.1, 0.15) is 30.5 Å². The van der Waals surface area contributed by atoms with Crippen LogP contribution in [0.5, 0.6) is 0 Å². The number of nitrogens with zero attached hydrogens (tertiary/aromatic N) is 6. The minimum absolute atomic E-state index is 0.196. The summed E-state index contributed by atoms with van der Waals surface area (Å²) in [4.78, 5) is 41.6. The number of carbonyl (C=O) groups is 2. The van der Waals surface area contributed by atoms with Gasteiger partial charge >= 0.3 is 11.9 Å². The van der Waals surface area contributed by atoms with Crippen LogP contribution >= 0.6 is 45.9 Å². The number of aryl methyl sites for hydroxylation is 2. The van der Waals surface area contributed by atoms with Crippen molar-refractivity contribution in [2.75, 3.05) is 0 Å². The van der Waals surface area contributed by atoms with E-state index in [2.05, 4.69) is 19.9 Å². The molecule has 0 amide bonds. The average Bonchev–Trinajstić information content (AvgIpc) is 3.91. The van der Waals surface area contributed by atoms with E-state index in [1.807, 2.05) is 92.7 Å². The molecule has 14 heteroatoms. The van der Waals surface area contributed by atoms with Gasteiger partial charge in [-0.05, 0) is 49.2 Å². The first-order chi connectivity index (χ1) is 24.1. The fourth-order valence-corrected chi connectivity index (χ4v) is 7.41. The van der Waals surface area contributed by atoms with Gasteiger partial charge in [-0.25, -0.2) is 29.5 Å². The van der Waals surface area contributed by atoms with Crippen LogP contribution in [-0.4, -0.2) is 51.2 Å². The summed E-state index contributed by atoms with van der Waals surface area (Å²) in [5.41, 5.74) is 7.47. The number of carboxylic acid groups (broad SMARTS) is 2. The Labute approximate surface area is 302 Å². The molecule has 0 aliphatic carbocycles. The molecule has 0 fully saturated rings. The molecule has 8 aromatic rings. The lowest BCUT2D eigenvalue weighted by atomic mass is 10.1. The predicted octanol–water partition coefficient (Wildman–Crippen LogP) is 9.62. The summed E-state index contributed by atoms with van der Waals surface area (Å²) in [6, 6.07) is 26.0. The molecule has 0 spiro atoms. The number of aromatic nitrogens is 6. The van der Waals surface area contributed by atoms with E-state index in [0.717, 1.165) is 67.0 Å². The molecule has 4 heterocycles. The van der Waals surface area contributed by atoms with E-state index >= 15 is 0 Å². The van der Waals surface area contributed by atoms with Gasteiger partial charge in [0.25, 0.3) is 0 Å². The first-order valence-electron chi connectivity index (χ1n) is 14.9. The maximum Gasteiger partial charge on any atom is 0.348 e. The maximum absolute atomic E-state index is 11.7. The van der Waals surface area contributed by atoms with Gasteiger partial charge < -0.3 is 10.2 Å². The number of thiazole rings is 2. The van der Waals surface area contributed by atoms with Gasteiger partial charge in [0.15, 0.2) is 10.3 Å². The highest BCUT2D eigenvalue weighted by Crippen LogP contribution is 2.34. The summed E-state index contributed by atoms with van der Waals surface area (Å²) in [5, 5.41) is 21.5. The second kappa shape index (κ2) is 13.5. The highest BCUT2D eigenvalue weighted by Gasteiger charge is 2.22. The van der Waals surface area contributed by atoms with Crippen LogP contribution in [0, 0.1) is 13.8 Å². The molecule has 248 valence electrons. The van der Waals surface area contributed by atoms with Crippen LogP contribution in [0.3, 0.4) is 0 Å². The Morgan fingerprint density at radius 1 is 0.620 bits per heavy atom. The lowest BCUT2D eigenvalue weighted by Gasteiger charge is -2.01. The van der Waals surface area contributed by atoms with E-state index in [1.54, 1.807) is 27.9 Å². The summed E-state index contributed by atoms with van der Waals surface area (Å²) in [6.45, 7) is 3.83. The predicted molar refractivity (Wildman–Crippen MR) is 198 cm³/mol. The zero-order chi connectivity index (χ0) is 35.1. The summed E-state index contributed by atoms with van der Waals surface area (Å²) >= 11 is 14.6. The molecule has 4 aromatic carbocycles. The minimum Gasteiger partial charge on any atom is -0.477 e. The summed E-state index contributed by atoms with van der Waals surface area (Å²) in [7, 11) is 0. The van der Waals surface area contributed by atoms with Crippen LogP contribution in [0.4, 0.5) is 0 Å². The quantitative estimate of drug-likeness (QED) is 0.172. The molecule has 0 radical (unpaired) electrons. The van der Waals surface area contributed by atoms with Crippen molar-refractivity contribution in [2.45, 2.75) is 13.8 Å². The van der Waals surface area contributed by atoms with Crippen LogP contribution in [0.15, 0.2) is 97.6 Å². The number of imidazole rings is 2. The standard InChI is InChI=1S/2C18H12ClN3O2S/c1-10-7-14-13(8-12(10)19)20-9-22(14)18-21-15(16(25-18)17(23)24)11-5-3-2-4-6-11;1-10-7-13-14(8-12(10)19)22(9-20-13)18-21-15(16(25-18)17(23)24)11-5-3-2-4-6-11/h2*2-9H,1H3,(H,23,24). The monoisotopic (exact) mass is 738 g/mol. The molecule has 50 heavy (non-hydrogen) atoms. The molecule has 0 atom stereocenters. The average molecular weight is 740 g/mol. The molecule has 0 bridgehead atoms. The number of carboxylic acids is 2. The van der Waals surface area contributed by atoms with E-state index in [0.29, 0.717) is 31.7 Å².